The van der Waals surface area contributed by atoms with Crippen LogP contribution in [0.1, 0.15) is 32.3 Å². The molecule has 0 heterocycles. The summed E-state index contributed by atoms with van der Waals surface area (Å²) < 4.78 is 5.58. The summed E-state index contributed by atoms with van der Waals surface area (Å²) in [5.74, 6) is 0.611. The fraction of sp³-hybridized carbons (Fsp3) is 0.533. The van der Waals surface area contributed by atoms with Gasteiger partial charge >= 0.3 is 0 Å². The molecule has 0 saturated carbocycles. The number of nitrogens with zero attached hydrogens (tertiary/aromatic N) is 2. The van der Waals surface area contributed by atoms with Gasteiger partial charge < -0.3 is 4.74 Å². The van der Waals surface area contributed by atoms with Crippen molar-refractivity contribution in [1.29, 1.82) is 5.26 Å². The number of benzene rings is 1. The van der Waals surface area contributed by atoms with E-state index < -0.39 is 10.5 Å². The lowest BCUT2D eigenvalue weighted by Crippen LogP contribution is -2.40. The number of aryl methyl sites for hydroxylation is 1. The molecule has 0 aromatic heterocycles. The quantitative estimate of drug-likeness (QED) is 0.452. The van der Waals surface area contributed by atoms with Crippen molar-refractivity contribution in [2.75, 3.05) is 13.2 Å². The van der Waals surface area contributed by atoms with Gasteiger partial charge in [0.1, 0.15) is 11.3 Å². The third kappa shape index (κ3) is 5.04. The number of nitriles is 1. The van der Waals surface area contributed by atoms with E-state index in [-0.39, 0.29) is 5.69 Å². The molecule has 1 unspecified atom stereocenters. The van der Waals surface area contributed by atoms with E-state index in [1.54, 1.807) is 19.1 Å². The number of nitro groups is 1. The Kier molecular flexibility index (Phi) is 6.12. The Labute approximate surface area is 124 Å². The van der Waals surface area contributed by atoms with Gasteiger partial charge in [-0.05, 0) is 45.4 Å². The lowest BCUT2D eigenvalue weighted by atomic mass is 9.98. The van der Waals surface area contributed by atoms with E-state index in [1.165, 1.54) is 6.07 Å². The van der Waals surface area contributed by atoms with E-state index in [4.69, 9.17) is 10.00 Å². The second-order valence-corrected chi connectivity index (χ2v) is 5.13. The maximum atomic E-state index is 10.7. The maximum Gasteiger partial charge on any atom is 0.272 e. The summed E-state index contributed by atoms with van der Waals surface area (Å²) in [5.41, 5.74) is 0.127. The van der Waals surface area contributed by atoms with Crippen LogP contribution in [0, 0.1) is 28.4 Å². The molecule has 114 valence electrons. The zero-order valence-electron chi connectivity index (χ0n) is 12.7. The van der Waals surface area contributed by atoms with Crippen molar-refractivity contribution in [2.45, 2.75) is 39.2 Å². The first-order valence-electron chi connectivity index (χ1n) is 6.96. The van der Waals surface area contributed by atoms with Crippen LogP contribution in [-0.2, 0) is 0 Å². The summed E-state index contributed by atoms with van der Waals surface area (Å²) >= 11 is 0. The smallest absolute Gasteiger partial charge is 0.272 e. The summed E-state index contributed by atoms with van der Waals surface area (Å²) in [5, 5.41) is 23.0. The largest absolute Gasteiger partial charge is 0.494 e. The third-order valence-electron chi connectivity index (χ3n) is 3.27. The van der Waals surface area contributed by atoms with E-state index in [0.29, 0.717) is 24.3 Å². The highest BCUT2D eigenvalue weighted by Gasteiger charge is 2.21. The molecule has 1 N–H and O–H groups in total. The minimum Gasteiger partial charge on any atom is -0.494 e. The van der Waals surface area contributed by atoms with Crippen molar-refractivity contribution >= 4 is 5.69 Å². The Morgan fingerprint density at radius 3 is 2.76 bits per heavy atom. The lowest BCUT2D eigenvalue weighted by molar-refractivity contribution is -0.385. The first-order chi connectivity index (χ1) is 9.91. The molecule has 0 aliphatic carbocycles. The van der Waals surface area contributed by atoms with Gasteiger partial charge in [-0.2, -0.15) is 5.26 Å². The molecule has 0 amide bonds. The van der Waals surface area contributed by atoms with Gasteiger partial charge in [0.25, 0.3) is 5.69 Å². The Morgan fingerprint density at radius 2 is 2.24 bits per heavy atom. The van der Waals surface area contributed by atoms with Crippen LogP contribution in [0.2, 0.25) is 0 Å². The minimum absolute atomic E-state index is 0.0894. The number of hydrogen-bond donors (Lipinski definition) is 1. The second-order valence-electron chi connectivity index (χ2n) is 5.13. The molecule has 0 bridgehead atoms. The molecule has 0 fully saturated rings. The zero-order chi connectivity index (χ0) is 15.9. The van der Waals surface area contributed by atoms with Crippen molar-refractivity contribution in [2.24, 2.45) is 0 Å². The predicted molar refractivity (Wildman–Crippen MR) is 80.3 cm³/mol. The minimum atomic E-state index is -0.538. The van der Waals surface area contributed by atoms with Crippen LogP contribution in [0.3, 0.4) is 0 Å². The van der Waals surface area contributed by atoms with Crippen molar-refractivity contribution < 1.29 is 9.66 Å². The fourth-order valence-corrected chi connectivity index (χ4v) is 2.11. The molecule has 0 spiro atoms. The highest BCUT2D eigenvalue weighted by molar-refractivity contribution is 5.44. The van der Waals surface area contributed by atoms with Crippen LogP contribution in [0.15, 0.2) is 18.2 Å². The summed E-state index contributed by atoms with van der Waals surface area (Å²) in [4.78, 5) is 10.3. The van der Waals surface area contributed by atoms with Gasteiger partial charge in [-0.3, -0.25) is 15.4 Å². The molecule has 21 heavy (non-hydrogen) atoms. The van der Waals surface area contributed by atoms with Gasteiger partial charge in [0.2, 0.25) is 0 Å². The molecule has 0 aliphatic rings. The van der Waals surface area contributed by atoms with Gasteiger partial charge in [-0.1, -0.05) is 6.92 Å². The Bertz CT molecular complexity index is 539. The van der Waals surface area contributed by atoms with Crippen molar-refractivity contribution in [3.63, 3.8) is 0 Å². The molecule has 6 heteroatoms. The van der Waals surface area contributed by atoms with Crippen LogP contribution < -0.4 is 10.1 Å². The number of nitro benzene ring substituents is 1. The molecule has 1 aromatic carbocycles. The molecular formula is C15H21N3O3. The molecule has 0 radical (unpaired) electrons. The molecule has 1 aromatic rings. The van der Waals surface area contributed by atoms with Crippen LogP contribution in [0.5, 0.6) is 5.75 Å². The Hall–Kier alpha value is -2.13. The van der Waals surface area contributed by atoms with E-state index >= 15 is 0 Å². The van der Waals surface area contributed by atoms with Crippen molar-refractivity contribution in [1.82, 2.24) is 5.32 Å². The molecular weight excluding hydrogens is 270 g/mol. The van der Waals surface area contributed by atoms with Gasteiger partial charge in [-0.15, -0.1) is 0 Å². The molecule has 6 nitrogen and oxygen atoms in total. The topological polar surface area (TPSA) is 88.2 Å². The molecule has 1 rings (SSSR count). The standard InChI is InChI=1S/C15H21N3O3/c1-4-17-15(3,11-16)8-5-9-21-13-6-7-14(18(19)20)12(2)10-13/h6-7,10,17H,4-5,8-9H2,1-3H3. The average molecular weight is 291 g/mol. The maximum absolute atomic E-state index is 10.7. The number of ether oxygens (including phenoxy) is 1. The van der Waals surface area contributed by atoms with Crippen molar-refractivity contribution in [3.8, 4) is 11.8 Å². The fourth-order valence-electron chi connectivity index (χ4n) is 2.11. The summed E-state index contributed by atoms with van der Waals surface area (Å²) in [6, 6.07) is 6.97. The highest BCUT2D eigenvalue weighted by atomic mass is 16.6. The van der Waals surface area contributed by atoms with Crippen LogP contribution in [-0.4, -0.2) is 23.6 Å². The van der Waals surface area contributed by atoms with E-state index in [2.05, 4.69) is 11.4 Å². The predicted octanol–water partition coefficient (Wildman–Crippen LogP) is 2.95. The zero-order valence-corrected chi connectivity index (χ0v) is 12.7. The van der Waals surface area contributed by atoms with Crippen LogP contribution in [0.25, 0.3) is 0 Å². The number of rotatable bonds is 8. The highest BCUT2D eigenvalue weighted by Crippen LogP contribution is 2.23. The first kappa shape index (κ1) is 16.9. The SMILES string of the molecule is CCNC(C)(C#N)CCCOc1ccc([N+](=O)[O-])c(C)c1. The van der Waals surface area contributed by atoms with Gasteiger partial charge in [0, 0.05) is 11.6 Å². The van der Waals surface area contributed by atoms with E-state index in [1.807, 2.05) is 13.8 Å². The molecule has 0 aliphatic heterocycles. The van der Waals surface area contributed by atoms with Gasteiger partial charge in [-0.25, -0.2) is 0 Å². The second kappa shape index (κ2) is 7.60. The summed E-state index contributed by atoms with van der Waals surface area (Å²) in [6.45, 7) is 6.73. The van der Waals surface area contributed by atoms with E-state index in [9.17, 15) is 10.1 Å². The van der Waals surface area contributed by atoms with Gasteiger partial charge in [0.15, 0.2) is 0 Å². The summed E-state index contributed by atoms with van der Waals surface area (Å²) in [6.07, 6.45) is 1.41. The molecule has 0 saturated heterocycles. The average Bonchev–Trinajstić information content (AvgIpc) is 2.43. The number of hydrogen-bond acceptors (Lipinski definition) is 5. The Balaban J connectivity index is 2.48. The normalized spacial score (nSPS) is 13.2. The summed E-state index contributed by atoms with van der Waals surface area (Å²) in [7, 11) is 0. The third-order valence-corrected chi connectivity index (χ3v) is 3.27. The lowest BCUT2D eigenvalue weighted by Gasteiger charge is -2.22. The molecule has 1 atom stereocenters. The van der Waals surface area contributed by atoms with Gasteiger partial charge in [0.05, 0.1) is 17.6 Å². The first-order valence-corrected chi connectivity index (χ1v) is 6.96. The van der Waals surface area contributed by atoms with Crippen LogP contribution >= 0.6 is 0 Å². The van der Waals surface area contributed by atoms with E-state index in [0.717, 1.165) is 13.0 Å². The monoisotopic (exact) mass is 291 g/mol. The van der Waals surface area contributed by atoms with Crippen molar-refractivity contribution in [3.05, 3.63) is 33.9 Å². The van der Waals surface area contributed by atoms with Crippen LogP contribution in [0.4, 0.5) is 5.69 Å². The Morgan fingerprint density at radius 1 is 1.52 bits per heavy atom. The number of nitrogens with one attached hydrogen (secondary N) is 1.